The summed E-state index contributed by atoms with van der Waals surface area (Å²) < 4.78 is 5.71. The number of nitrogens with zero attached hydrogens (tertiary/aromatic N) is 1. The maximum absolute atomic E-state index is 11.1. The molecular formula is C16H13ClN2O2. The Kier molecular flexibility index (Phi) is 3.62. The molecule has 106 valence electrons. The predicted molar refractivity (Wildman–Crippen MR) is 82.6 cm³/mol. The van der Waals surface area contributed by atoms with E-state index in [2.05, 4.69) is 10.3 Å². The van der Waals surface area contributed by atoms with E-state index >= 15 is 0 Å². The number of nitrogens with one attached hydrogen (secondary N) is 1. The van der Waals surface area contributed by atoms with Crippen molar-refractivity contribution in [3.8, 4) is 0 Å². The first-order valence-electron chi connectivity index (χ1n) is 6.52. The predicted octanol–water partition coefficient (Wildman–Crippen LogP) is 4.03. The summed E-state index contributed by atoms with van der Waals surface area (Å²) in [6.07, 6.45) is 0.599. The van der Waals surface area contributed by atoms with Gasteiger partial charge >= 0.3 is 0 Å². The van der Waals surface area contributed by atoms with E-state index in [-0.39, 0.29) is 5.91 Å². The van der Waals surface area contributed by atoms with Gasteiger partial charge in [-0.3, -0.25) is 4.79 Å². The fraction of sp³-hybridized carbons (Fsp3) is 0.125. The summed E-state index contributed by atoms with van der Waals surface area (Å²) in [4.78, 5) is 15.5. The molecule has 21 heavy (non-hydrogen) atoms. The summed E-state index contributed by atoms with van der Waals surface area (Å²) in [5.41, 5.74) is 3.22. The van der Waals surface area contributed by atoms with E-state index in [4.69, 9.17) is 16.0 Å². The lowest BCUT2D eigenvalue weighted by Gasteiger charge is -1.99. The minimum atomic E-state index is -0.112. The smallest absolute Gasteiger partial charge is 0.221 e. The van der Waals surface area contributed by atoms with Crippen LogP contribution in [0.4, 0.5) is 5.69 Å². The van der Waals surface area contributed by atoms with Gasteiger partial charge in [-0.05, 0) is 35.9 Å². The fourth-order valence-electron chi connectivity index (χ4n) is 2.11. The van der Waals surface area contributed by atoms with Gasteiger partial charge in [0, 0.05) is 24.1 Å². The number of carbonyl (C=O) groups excluding carboxylic acids is 1. The SMILES string of the molecule is CC(=O)Nc1ccc2oc(Cc3ccc(Cl)cc3)nc2c1. The normalized spacial score (nSPS) is 10.8. The Hall–Kier alpha value is -2.33. The Morgan fingerprint density at radius 2 is 2.00 bits per heavy atom. The average molecular weight is 301 g/mol. The van der Waals surface area contributed by atoms with Gasteiger partial charge in [0.25, 0.3) is 0 Å². The highest BCUT2D eigenvalue weighted by molar-refractivity contribution is 6.30. The fourth-order valence-corrected chi connectivity index (χ4v) is 2.23. The summed E-state index contributed by atoms with van der Waals surface area (Å²) in [6, 6.07) is 13.0. The van der Waals surface area contributed by atoms with Crippen LogP contribution in [0.3, 0.4) is 0 Å². The molecule has 0 fully saturated rings. The van der Waals surface area contributed by atoms with E-state index in [0.29, 0.717) is 28.6 Å². The molecule has 0 saturated carbocycles. The molecule has 3 aromatic rings. The van der Waals surface area contributed by atoms with Crippen molar-refractivity contribution in [3.63, 3.8) is 0 Å². The number of anilines is 1. The van der Waals surface area contributed by atoms with Gasteiger partial charge in [-0.25, -0.2) is 4.98 Å². The van der Waals surface area contributed by atoms with Crippen LogP contribution < -0.4 is 5.32 Å². The number of oxazole rings is 1. The van der Waals surface area contributed by atoms with Crippen LogP contribution in [0.5, 0.6) is 0 Å². The van der Waals surface area contributed by atoms with Gasteiger partial charge in [0.1, 0.15) is 5.52 Å². The molecule has 3 rings (SSSR count). The van der Waals surface area contributed by atoms with E-state index in [1.807, 2.05) is 24.3 Å². The van der Waals surface area contributed by atoms with Gasteiger partial charge in [-0.15, -0.1) is 0 Å². The van der Waals surface area contributed by atoms with Crippen LogP contribution in [0.2, 0.25) is 5.02 Å². The van der Waals surface area contributed by atoms with Crippen LogP contribution >= 0.6 is 11.6 Å². The number of fused-ring (bicyclic) bond motifs is 1. The lowest BCUT2D eigenvalue weighted by atomic mass is 10.1. The van der Waals surface area contributed by atoms with Crippen molar-refractivity contribution in [1.82, 2.24) is 4.98 Å². The van der Waals surface area contributed by atoms with E-state index < -0.39 is 0 Å². The lowest BCUT2D eigenvalue weighted by molar-refractivity contribution is -0.114. The minimum Gasteiger partial charge on any atom is -0.440 e. The van der Waals surface area contributed by atoms with Gasteiger partial charge < -0.3 is 9.73 Å². The monoisotopic (exact) mass is 300 g/mol. The number of hydrogen-bond donors (Lipinski definition) is 1. The maximum Gasteiger partial charge on any atom is 0.221 e. The molecule has 0 unspecified atom stereocenters. The average Bonchev–Trinajstić information content (AvgIpc) is 2.82. The second kappa shape index (κ2) is 5.58. The van der Waals surface area contributed by atoms with Crippen molar-refractivity contribution in [3.05, 3.63) is 58.9 Å². The molecule has 4 nitrogen and oxygen atoms in total. The molecule has 5 heteroatoms. The van der Waals surface area contributed by atoms with Crippen LogP contribution in [0.25, 0.3) is 11.1 Å². The van der Waals surface area contributed by atoms with Crippen molar-refractivity contribution in [1.29, 1.82) is 0 Å². The van der Waals surface area contributed by atoms with E-state index in [1.54, 1.807) is 18.2 Å². The Labute approximate surface area is 126 Å². The number of halogens is 1. The zero-order valence-electron chi connectivity index (χ0n) is 11.4. The number of carbonyl (C=O) groups is 1. The molecule has 0 atom stereocenters. The molecule has 0 aliphatic rings. The number of amides is 1. The number of benzene rings is 2. The molecule has 0 bridgehead atoms. The zero-order chi connectivity index (χ0) is 14.8. The van der Waals surface area contributed by atoms with Gasteiger partial charge in [-0.1, -0.05) is 23.7 Å². The highest BCUT2D eigenvalue weighted by Gasteiger charge is 2.08. The van der Waals surface area contributed by atoms with Crippen LogP contribution in [-0.4, -0.2) is 10.9 Å². The molecule has 0 saturated heterocycles. The Balaban J connectivity index is 1.86. The third-order valence-corrected chi connectivity index (χ3v) is 3.27. The summed E-state index contributed by atoms with van der Waals surface area (Å²) in [5, 5.41) is 3.43. The standard InChI is InChI=1S/C16H13ClN2O2/c1-10(20)18-13-6-7-15-14(9-13)19-16(21-15)8-11-2-4-12(17)5-3-11/h2-7,9H,8H2,1H3,(H,18,20). The van der Waals surface area contributed by atoms with Crippen LogP contribution in [0.1, 0.15) is 18.4 Å². The quantitative estimate of drug-likeness (QED) is 0.794. The van der Waals surface area contributed by atoms with Gasteiger partial charge in [-0.2, -0.15) is 0 Å². The van der Waals surface area contributed by atoms with Crippen molar-refractivity contribution in [2.75, 3.05) is 5.32 Å². The van der Waals surface area contributed by atoms with Gasteiger partial charge in [0.15, 0.2) is 11.5 Å². The lowest BCUT2D eigenvalue weighted by Crippen LogP contribution is -2.05. The second-order valence-electron chi connectivity index (χ2n) is 4.77. The third-order valence-electron chi connectivity index (χ3n) is 3.02. The number of hydrogen-bond acceptors (Lipinski definition) is 3. The van der Waals surface area contributed by atoms with Crippen molar-refractivity contribution < 1.29 is 9.21 Å². The Morgan fingerprint density at radius 1 is 1.24 bits per heavy atom. The molecule has 1 N–H and O–H groups in total. The first-order chi connectivity index (χ1) is 10.1. The first kappa shape index (κ1) is 13.6. The number of rotatable bonds is 3. The van der Waals surface area contributed by atoms with E-state index in [1.165, 1.54) is 6.92 Å². The zero-order valence-corrected chi connectivity index (χ0v) is 12.1. The molecule has 1 heterocycles. The Bertz CT molecular complexity index is 794. The topological polar surface area (TPSA) is 55.1 Å². The first-order valence-corrected chi connectivity index (χ1v) is 6.89. The highest BCUT2D eigenvalue weighted by atomic mass is 35.5. The molecule has 0 aliphatic heterocycles. The maximum atomic E-state index is 11.1. The number of aromatic nitrogens is 1. The summed E-state index contributed by atoms with van der Waals surface area (Å²) in [7, 11) is 0. The van der Waals surface area contributed by atoms with Crippen molar-refractivity contribution >= 4 is 34.3 Å². The van der Waals surface area contributed by atoms with Crippen LogP contribution in [-0.2, 0) is 11.2 Å². The second-order valence-corrected chi connectivity index (χ2v) is 5.21. The van der Waals surface area contributed by atoms with E-state index in [0.717, 1.165) is 11.1 Å². The summed E-state index contributed by atoms with van der Waals surface area (Å²) >= 11 is 5.86. The van der Waals surface area contributed by atoms with Crippen molar-refractivity contribution in [2.45, 2.75) is 13.3 Å². The molecule has 2 aromatic carbocycles. The molecule has 0 spiro atoms. The highest BCUT2D eigenvalue weighted by Crippen LogP contribution is 2.22. The van der Waals surface area contributed by atoms with Crippen LogP contribution in [0, 0.1) is 0 Å². The summed E-state index contributed by atoms with van der Waals surface area (Å²) in [5.74, 6) is 0.520. The van der Waals surface area contributed by atoms with Gasteiger partial charge in [0.2, 0.25) is 5.91 Å². The molecule has 1 amide bonds. The van der Waals surface area contributed by atoms with Gasteiger partial charge in [0.05, 0.1) is 0 Å². The largest absolute Gasteiger partial charge is 0.440 e. The Morgan fingerprint density at radius 3 is 2.71 bits per heavy atom. The summed E-state index contributed by atoms with van der Waals surface area (Å²) in [6.45, 7) is 1.47. The van der Waals surface area contributed by atoms with Crippen molar-refractivity contribution in [2.24, 2.45) is 0 Å². The molecule has 0 radical (unpaired) electrons. The molecular weight excluding hydrogens is 288 g/mol. The third kappa shape index (κ3) is 3.23. The van der Waals surface area contributed by atoms with Crippen LogP contribution in [0.15, 0.2) is 46.9 Å². The molecule has 1 aromatic heterocycles. The van der Waals surface area contributed by atoms with E-state index in [9.17, 15) is 4.79 Å². The minimum absolute atomic E-state index is 0.112. The molecule has 0 aliphatic carbocycles.